The van der Waals surface area contributed by atoms with Crippen LogP contribution in [-0.2, 0) is 0 Å². The Morgan fingerprint density at radius 3 is 2.64 bits per heavy atom. The van der Waals surface area contributed by atoms with Crippen molar-refractivity contribution >= 4 is 5.91 Å². The Bertz CT molecular complexity index is 703. The molecule has 0 bridgehead atoms. The van der Waals surface area contributed by atoms with Crippen molar-refractivity contribution in [2.45, 2.75) is 13.8 Å². The topological polar surface area (TPSA) is 64.3 Å². The lowest BCUT2D eigenvalue weighted by Crippen LogP contribution is -2.48. The Kier molecular flexibility index (Phi) is 5.83. The number of amides is 1. The number of carbonyl (C=O) groups is 1. The molecule has 0 aliphatic carbocycles. The van der Waals surface area contributed by atoms with E-state index in [1.54, 1.807) is 0 Å². The number of piperazine rings is 1. The minimum absolute atomic E-state index is 0.0977. The number of carbonyl (C=O) groups excluding carboxylic acids is 1. The van der Waals surface area contributed by atoms with Crippen LogP contribution in [0.15, 0.2) is 30.3 Å². The number of benzene rings is 1. The van der Waals surface area contributed by atoms with E-state index in [0.29, 0.717) is 12.2 Å². The molecule has 1 aromatic carbocycles. The molecule has 0 spiro atoms. The van der Waals surface area contributed by atoms with Crippen LogP contribution in [0, 0.1) is 6.92 Å². The number of nitrogens with one attached hydrogen (secondary N) is 2. The van der Waals surface area contributed by atoms with Gasteiger partial charge in [0.1, 0.15) is 5.69 Å². The van der Waals surface area contributed by atoms with Gasteiger partial charge in [-0.2, -0.15) is 5.10 Å². The highest BCUT2D eigenvalue weighted by Crippen LogP contribution is 2.21. The number of rotatable bonds is 6. The lowest BCUT2D eigenvalue weighted by atomic mass is 10.1. The van der Waals surface area contributed by atoms with E-state index in [2.05, 4.69) is 32.2 Å². The number of H-pyrrole nitrogens is 1. The fraction of sp³-hybridized carbons (Fsp3) is 0.474. The van der Waals surface area contributed by atoms with E-state index in [9.17, 15) is 4.79 Å². The Labute approximate surface area is 149 Å². The molecular formula is C19H27N5O. The zero-order valence-electron chi connectivity index (χ0n) is 15.1. The van der Waals surface area contributed by atoms with Crippen molar-refractivity contribution in [1.82, 2.24) is 25.3 Å². The van der Waals surface area contributed by atoms with Crippen LogP contribution in [0.25, 0.3) is 11.3 Å². The van der Waals surface area contributed by atoms with Crippen LogP contribution < -0.4 is 5.32 Å². The number of likely N-dealkylation sites (N-methyl/N-ethyl adjacent to an activating group) is 1. The van der Waals surface area contributed by atoms with Crippen LogP contribution in [0.4, 0.5) is 0 Å². The molecule has 2 N–H and O–H groups in total. The van der Waals surface area contributed by atoms with Crippen molar-refractivity contribution in [3.05, 3.63) is 41.6 Å². The van der Waals surface area contributed by atoms with Gasteiger partial charge in [0.2, 0.25) is 0 Å². The van der Waals surface area contributed by atoms with Crippen molar-refractivity contribution < 1.29 is 4.79 Å². The fourth-order valence-corrected chi connectivity index (χ4v) is 3.19. The molecule has 1 saturated heterocycles. The summed E-state index contributed by atoms with van der Waals surface area (Å²) in [5.41, 5.74) is 3.51. The van der Waals surface area contributed by atoms with Gasteiger partial charge in [-0.1, -0.05) is 31.2 Å². The van der Waals surface area contributed by atoms with Crippen molar-refractivity contribution in [3.63, 3.8) is 0 Å². The highest BCUT2D eigenvalue weighted by atomic mass is 16.1. The summed E-state index contributed by atoms with van der Waals surface area (Å²) in [6, 6.07) is 9.86. The van der Waals surface area contributed by atoms with Crippen molar-refractivity contribution in [3.8, 4) is 11.3 Å². The normalized spacial score (nSPS) is 16.1. The zero-order chi connectivity index (χ0) is 17.6. The molecule has 0 atom stereocenters. The summed E-state index contributed by atoms with van der Waals surface area (Å²) >= 11 is 0. The molecule has 0 unspecified atom stereocenters. The molecule has 0 saturated carbocycles. The first kappa shape index (κ1) is 17.6. The van der Waals surface area contributed by atoms with Crippen LogP contribution in [0.2, 0.25) is 0 Å². The van der Waals surface area contributed by atoms with Crippen molar-refractivity contribution in [1.29, 1.82) is 0 Å². The number of nitrogens with zero attached hydrogens (tertiary/aromatic N) is 3. The maximum Gasteiger partial charge on any atom is 0.269 e. The second-order valence-corrected chi connectivity index (χ2v) is 6.51. The standard InChI is InChI=1S/C19H27N5O/c1-3-23-10-12-24(13-11-23)9-8-20-19(25)18-14-17(21-22-18)16-7-5-4-6-15(16)2/h4-7,14H,3,8-13H2,1-2H3,(H,20,25)(H,21,22). The highest BCUT2D eigenvalue weighted by Gasteiger charge is 2.16. The predicted molar refractivity (Wildman–Crippen MR) is 99.6 cm³/mol. The Hall–Kier alpha value is -2.18. The van der Waals surface area contributed by atoms with E-state index in [0.717, 1.165) is 56.1 Å². The van der Waals surface area contributed by atoms with E-state index < -0.39 is 0 Å². The van der Waals surface area contributed by atoms with Gasteiger partial charge in [0, 0.05) is 44.8 Å². The maximum atomic E-state index is 12.3. The largest absolute Gasteiger partial charge is 0.349 e. The zero-order valence-corrected chi connectivity index (χ0v) is 15.1. The van der Waals surface area contributed by atoms with Crippen LogP contribution in [0.1, 0.15) is 23.0 Å². The number of aromatic amines is 1. The van der Waals surface area contributed by atoms with E-state index in [1.165, 1.54) is 0 Å². The summed E-state index contributed by atoms with van der Waals surface area (Å²) in [5.74, 6) is -0.0977. The third kappa shape index (κ3) is 4.46. The quantitative estimate of drug-likeness (QED) is 0.840. The molecule has 1 amide bonds. The Balaban J connectivity index is 1.49. The average Bonchev–Trinajstić information content (AvgIpc) is 3.12. The van der Waals surface area contributed by atoms with Crippen LogP contribution in [-0.4, -0.2) is 71.7 Å². The van der Waals surface area contributed by atoms with E-state index in [1.807, 2.05) is 37.3 Å². The first-order valence-corrected chi connectivity index (χ1v) is 9.01. The fourth-order valence-electron chi connectivity index (χ4n) is 3.19. The third-order valence-electron chi connectivity index (χ3n) is 4.87. The van der Waals surface area contributed by atoms with Gasteiger partial charge in [-0.05, 0) is 25.1 Å². The van der Waals surface area contributed by atoms with Crippen LogP contribution in [0.3, 0.4) is 0 Å². The van der Waals surface area contributed by atoms with Crippen LogP contribution in [0.5, 0.6) is 0 Å². The summed E-state index contributed by atoms with van der Waals surface area (Å²) in [6.07, 6.45) is 0. The molecule has 6 heteroatoms. The van der Waals surface area contributed by atoms with Gasteiger partial charge in [-0.3, -0.25) is 14.8 Å². The maximum absolute atomic E-state index is 12.3. The second kappa shape index (κ2) is 8.27. The molecule has 1 aliphatic heterocycles. The summed E-state index contributed by atoms with van der Waals surface area (Å²) in [7, 11) is 0. The van der Waals surface area contributed by atoms with Crippen molar-refractivity contribution in [2.24, 2.45) is 0 Å². The molecule has 25 heavy (non-hydrogen) atoms. The lowest BCUT2D eigenvalue weighted by molar-refractivity contribution is 0.0933. The second-order valence-electron chi connectivity index (χ2n) is 6.51. The number of aromatic nitrogens is 2. The number of aryl methyl sites for hydroxylation is 1. The minimum Gasteiger partial charge on any atom is -0.349 e. The highest BCUT2D eigenvalue weighted by molar-refractivity contribution is 5.93. The van der Waals surface area contributed by atoms with Gasteiger partial charge in [-0.15, -0.1) is 0 Å². The van der Waals surface area contributed by atoms with E-state index in [-0.39, 0.29) is 5.91 Å². The van der Waals surface area contributed by atoms with Gasteiger partial charge >= 0.3 is 0 Å². The predicted octanol–water partition coefficient (Wildman–Crippen LogP) is 1.75. The molecule has 2 aromatic rings. The number of hydrogen-bond donors (Lipinski definition) is 2. The number of hydrogen-bond acceptors (Lipinski definition) is 4. The first-order chi connectivity index (χ1) is 12.2. The molecule has 3 rings (SSSR count). The SMILES string of the molecule is CCN1CCN(CCNC(=O)c2cc(-c3ccccc3C)n[nH]2)CC1. The van der Waals surface area contributed by atoms with Gasteiger partial charge in [0.05, 0.1) is 5.69 Å². The van der Waals surface area contributed by atoms with E-state index >= 15 is 0 Å². The summed E-state index contributed by atoms with van der Waals surface area (Å²) in [6.45, 7) is 11.3. The molecule has 2 heterocycles. The summed E-state index contributed by atoms with van der Waals surface area (Å²) < 4.78 is 0. The van der Waals surface area contributed by atoms with Gasteiger partial charge in [0.15, 0.2) is 0 Å². The van der Waals surface area contributed by atoms with Crippen LogP contribution >= 0.6 is 0 Å². The van der Waals surface area contributed by atoms with Crippen molar-refractivity contribution in [2.75, 3.05) is 45.8 Å². The molecular weight excluding hydrogens is 314 g/mol. The smallest absolute Gasteiger partial charge is 0.269 e. The van der Waals surface area contributed by atoms with E-state index in [4.69, 9.17) is 0 Å². The molecule has 134 valence electrons. The molecule has 6 nitrogen and oxygen atoms in total. The molecule has 1 aliphatic rings. The lowest BCUT2D eigenvalue weighted by Gasteiger charge is -2.33. The average molecular weight is 341 g/mol. The minimum atomic E-state index is -0.0977. The van der Waals surface area contributed by atoms with Gasteiger partial charge < -0.3 is 10.2 Å². The first-order valence-electron chi connectivity index (χ1n) is 9.01. The third-order valence-corrected chi connectivity index (χ3v) is 4.87. The summed E-state index contributed by atoms with van der Waals surface area (Å²) in [5, 5.41) is 10.1. The Morgan fingerprint density at radius 1 is 1.20 bits per heavy atom. The van der Waals surface area contributed by atoms with Gasteiger partial charge in [-0.25, -0.2) is 0 Å². The Morgan fingerprint density at radius 2 is 1.92 bits per heavy atom. The summed E-state index contributed by atoms with van der Waals surface area (Å²) in [4.78, 5) is 17.2. The molecule has 1 aromatic heterocycles. The monoisotopic (exact) mass is 341 g/mol. The molecule has 0 radical (unpaired) electrons. The molecule has 1 fully saturated rings. The van der Waals surface area contributed by atoms with Gasteiger partial charge in [0.25, 0.3) is 5.91 Å².